The van der Waals surface area contributed by atoms with E-state index in [0.29, 0.717) is 0 Å². The Morgan fingerprint density at radius 1 is 1.29 bits per heavy atom. The lowest BCUT2D eigenvalue weighted by atomic mass is 10.1. The highest BCUT2D eigenvalue weighted by molar-refractivity contribution is 5.89. The van der Waals surface area contributed by atoms with Crippen LogP contribution in [0.25, 0.3) is 0 Å². The van der Waals surface area contributed by atoms with Crippen molar-refractivity contribution in [1.29, 1.82) is 0 Å². The minimum absolute atomic E-state index is 0.0464. The van der Waals surface area contributed by atoms with Crippen molar-refractivity contribution in [3.8, 4) is 0 Å². The Morgan fingerprint density at radius 3 is 2.76 bits per heavy atom. The number of pyridine rings is 1. The van der Waals surface area contributed by atoms with Gasteiger partial charge in [0.15, 0.2) is 5.82 Å². The first-order valence-electron chi connectivity index (χ1n) is 7.09. The molecule has 0 atom stereocenters. The van der Waals surface area contributed by atoms with Crippen LogP contribution >= 0.6 is 0 Å². The average molecular weight is 294 g/mol. The maximum Gasteiger partial charge on any atom is 0.319 e. The molecule has 2 N–H and O–H groups in total. The van der Waals surface area contributed by atoms with Crippen molar-refractivity contribution < 1.29 is 14.0 Å². The van der Waals surface area contributed by atoms with E-state index in [2.05, 4.69) is 15.6 Å². The molecule has 1 fully saturated rings. The number of likely N-dealkylation sites (tertiary alicyclic amines) is 1. The van der Waals surface area contributed by atoms with E-state index >= 15 is 0 Å². The maximum atomic E-state index is 13.3. The molecule has 0 unspecified atom stereocenters. The van der Waals surface area contributed by atoms with Gasteiger partial charge in [-0.3, -0.25) is 9.78 Å². The summed E-state index contributed by atoms with van der Waals surface area (Å²) in [7, 11) is 0. The summed E-state index contributed by atoms with van der Waals surface area (Å²) in [5.41, 5.74) is 0.0601. The first kappa shape index (κ1) is 15.2. The summed E-state index contributed by atoms with van der Waals surface area (Å²) >= 11 is 0. The molecule has 0 aromatic carbocycles. The third-order valence-electron chi connectivity index (χ3n) is 3.35. The minimum Gasteiger partial charge on any atom is -0.343 e. The van der Waals surface area contributed by atoms with Crippen molar-refractivity contribution in [3.63, 3.8) is 0 Å². The van der Waals surface area contributed by atoms with Crippen molar-refractivity contribution in [2.24, 2.45) is 0 Å². The second-order valence-corrected chi connectivity index (χ2v) is 4.93. The van der Waals surface area contributed by atoms with Crippen LogP contribution in [0.15, 0.2) is 18.5 Å². The standard InChI is InChI=1S/C14H19FN4O2/c15-11-10-16-6-4-12(11)18-14(21)17-7-5-13(20)19-8-2-1-3-9-19/h4,6,10H,1-3,5,7-9H2,(H2,16,17,18,21). The molecule has 0 radical (unpaired) electrons. The number of amides is 3. The molecule has 1 aromatic rings. The van der Waals surface area contributed by atoms with E-state index in [1.165, 1.54) is 18.7 Å². The quantitative estimate of drug-likeness (QED) is 0.888. The summed E-state index contributed by atoms with van der Waals surface area (Å²) in [6.07, 6.45) is 5.92. The fourth-order valence-corrected chi connectivity index (χ4v) is 2.23. The average Bonchev–Trinajstić information content (AvgIpc) is 2.50. The molecule has 1 aromatic heterocycles. The summed E-state index contributed by atoms with van der Waals surface area (Å²) in [5.74, 6) is -0.554. The van der Waals surface area contributed by atoms with Crippen molar-refractivity contribution in [2.45, 2.75) is 25.7 Å². The number of nitrogens with one attached hydrogen (secondary N) is 2. The molecular weight excluding hydrogens is 275 g/mol. The number of rotatable bonds is 4. The molecule has 0 aliphatic carbocycles. The van der Waals surface area contributed by atoms with Gasteiger partial charge in [0.05, 0.1) is 11.9 Å². The highest BCUT2D eigenvalue weighted by Gasteiger charge is 2.16. The fourth-order valence-electron chi connectivity index (χ4n) is 2.23. The van der Waals surface area contributed by atoms with Crippen molar-refractivity contribution in [1.82, 2.24) is 15.2 Å². The van der Waals surface area contributed by atoms with Gasteiger partial charge in [-0.2, -0.15) is 0 Å². The van der Waals surface area contributed by atoms with Gasteiger partial charge in [0.25, 0.3) is 0 Å². The molecule has 2 heterocycles. The van der Waals surface area contributed by atoms with E-state index in [0.717, 1.165) is 32.1 Å². The Kier molecular flexibility index (Phi) is 5.48. The second-order valence-electron chi connectivity index (χ2n) is 4.93. The van der Waals surface area contributed by atoms with Crippen LogP contribution in [-0.4, -0.2) is 41.5 Å². The van der Waals surface area contributed by atoms with Gasteiger partial charge < -0.3 is 15.5 Å². The van der Waals surface area contributed by atoms with Gasteiger partial charge in [-0.05, 0) is 25.3 Å². The SMILES string of the molecule is O=C(NCCC(=O)N1CCCCC1)Nc1ccncc1F. The zero-order valence-electron chi connectivity index (χ0n) is 11.8. The number of halogens is 1. The molecule has 2 rings (SSSR count). The first-order valence-corrected chi connectivity index (χ1v) is 7.09. The predicted molar refractivity (Wildman–Crippen MR) is 76.3 cm³/mol. The molecule has 0 saturated carbocycles. The molecule has 3 amide bonds. The van der Waals surface area contributed by atoms with Crippen LogP contribution in [0.1, 0.15) is 25.7 Å². The van der Waals surface area contributed by atoms with E-state index in [-0.39, 0.29) is 24.6 Å². The lowest BCUT2D eigenvalue weighted by molar-refractivity contribution is -0.131. The van der Waals surface area contributed by atoms with E-state index < -0.39 is 11.8 Å². The van der Waals surface area contributed by atoms with Crippen LogP contribution in [0.3, 0.4) is 0 Å². The molecule has 21 heavy (non-hydrogen) atoms. The van der Waals surface area contributed by atoms with Crippen molar-refractivity contribution in [2.75, 3.05) is 25.0 Å². The summed E-state index contributed by atoms with van der Waals surface area (Å²) in [6.45, 7) is 1.83. The number of aromatic nitrogens is 1. The summed E-state index contributed by atoms with van der Waals surface area (Å²) in [4.78, 5) is 28.9. The normalized spacial score (nSPS) is 14.6. The molecular formula is C14H19FN4O2. The molecule has 1 aliphatic rings. The van der Waals surface area contributed by atoms with E-state index in [1.54, 1.807) is 0 Å². The largest absolute Gasteiger partial charge is 0.343 e. The van der Waals surface area contributed by atoms with Gasteiger partial charge in [-0.25, -0.2) is 9.18 Å². The molecule has 114 valence electrons. The van der Waals surface area contributed by atoms with Crippen LogP contribution in [0.4, 0.5) is 14.9 Å². The van der Waals surface area contributed by atoms with Crippen molar-refractivity contribution >= 4 is 17.6 Å². The minimum atomic E-state index is -0.600. The van der Waals surface area contributed by atoms with Crippen LogP contribution < -0.4 is 10.6 Å². The predicted octanol–water partition coefficient (Wildman–Crippen LogP) is 1.74. The topological polar surface area (TPSA) is 74.3 Å². The highest BCUT2D eigenvalue weighted by atomic mass is 19.1. The summed E-state index contributed by atoms with van der Waals surface area (Å²) in [6, 6.07) is 0.833. The van der Waals surface area contributed by atoms with E-state index in [1.807, 2.05) is 4.90 Å². The number of hydrogen-bond acceptors (Lipinski definition) is 3. The molecule has 0 spiro atoms. The summed E-state index contributed by atoms with van der Waals surface area (Å²) < 4.78 is 13.3. The Morgan fingerprint density at radius 2 is 2.05 bits per heavy atom. The molecule has 6 nitrogen and oxygen atoms in total. The van der Waals surface area contributed by atoms with Gasteiger partial charge in [-0.15, -0.1) is 0 Å². The second kappa shape index (κ2) is 7.56. The van der Waals surface area contributed by atoms with Gasteiger partial charge in [-0.1, -0.05) is 0 Å². The number of anilines is 1. The number of carbonyl (C=O) groups is 2. The maximum absolute atomic E-state index is 13.3. The van der Waals surface area contributed by atoms with Gasteiger partial charge in [0.1, 0.15) is 0 Å². The van der Waals surface area contributed by atoms with Gasteiger partial charge in [0.2, 0.25) is 5.91 Å². The Labute approximate surface area is 122 Å². The van der Waals surface area contributed by atoms with Crippen LogP contribution in [0.5, 0.6) is 0 Å². The smallest absolute Gasteiger partial charge is 0.319 e. The van der Waals surface area contributed by atoms with Crippen LogP contribution in [0, 0.1) is 5.82 Å². The van der Waals surface area contributed by atoms with E-state index in [4.69, 9.17) is 0 Å². The first-order chi connectivity index (χ1) is 10.2. The third kappa shape index (κ3) is 4.70. The van der Waals surface area contributed by atoms with Gasteiger partial charge >= 0.3 is 6.03 Å². The third-order valence-corrected chi connectivity index (χ3v) is 3.35. The molecule has 0 bridgehead atoms. The Hall–Kier alpha value is -2.18. The lowest BCUT2D eigenvalue weighted by Crippen LogP contribution is -2.38. The van der Waals surface area contributed by atoms with Crippen molar-refractivity contribution in [3.05, 3.63) is 24.3 Å². The molecule has 1 aliphatic heterocycles. The van der Waals surface area contributed by atoms with Gasteiger partial charge in [0, 0.05) is 32.3 Å². The molecule has 7 heteroatoms. The zero-order valence-corrected chi connectivity index (χ0v) is 11.8. The number of nitrogens with zero attached hydrogens (tertiary/aromatic N) is 2. The fraction of sp³-hybridized carbons (Fsp3) is 0.500. The Balaban J connectivity index is 1.69. The number of hydrogen-bond donors (Lipinski definition) is 2. The zero-order chi connectivity index (χ0) is 15.1. The van der Waals surface area contributed by atoms with Crippen LogP contribution in [0.2, 0.25) is 0 Å². The number of urea groups is 1. The monoisotopic (exact) mass is 294 g/mol. The number of carbonyl (C=O) groups excluding carboxylic acids is 2. The lowest BCUT2D eigenvalue weighted by Gasteiger charge is -2.26. The molecule has 1 saturated heterocycles. The van der Waals surface area contributed by atoms with E-state index in [9.17, 15) is 14.0 Å². The van der Waals surface area contributed by atoms with Crippen LogP contribution in [-0.2, 0) is 4.79 Å². The number of piperidine rings is 1. The Bertz CT molecular complexity index is 504. The summed E-state index contributed by atoms with van der Waals surface area (Å²) in [5, 5.41) is 4.92. The highest BCUT2D eigenvalue weighted by Crippen LogP contribution is 2.11.